The van der Waals surface area contributed by atoms with Gasteiger partial charge in [-0.1, -0.05) is 26.2 Å². The minimum Gasteiger partial charge on any atom is -0.382 e. The molecule has 0 aliphatic heterocycles. The topological polar surface area (TPSA) is 89.3 Å². The van der Waals surface area contributed by atoms with Crippen LogP contribution in [0.2, 0.25) is 0 Å². The normalized spacial score (nSPS) is 14.4. The molecular weight excluding hydrogens is 192 g/mol. The highest BCUT2D eigenvalue weighted by molar-refractivity contribution is 5.85. The number of aliphatic hydroxyl groups is 1. The van der Waals surface area contributed by atoms with Crippen molar-refractivity contribution in [3.8, 4) is 0 Å². The van der Waals surface area contributed by atoms with E-state index in [1.165, 1.54) is 0 Å². The van der Waals surface area contributed by atoms with E-state index in [9.17, 15) is 4.79 Å². The Morgan fingerprint density at radius 3 is 2.38 bits per heavy atom. The maximum Gasteiger partial charge on any atom is 0.247 e. The van der Waals surface area contributed by atoms with Gasteiger partial charge in [0.25, 0.3) is 0 Å². The number of hydrogen-bond acceptors (Lipinski definition) is 3. The third kappa shape index (κ3) is 6.81. The molecule has 2 unspecified atom stereocenters. The second-order valence-electron chi connectivity index (χ2n) is 3.01. The Kier molecular flexibility index (Phi) is 9.67. The number of halogens is 1. The number of carbonyl (C=O) groups excluding carboxylic acids is 1. The van der Waals surface area contributed by atoms with Crippen LogP contribution in [0.15, 0.2) is 0 Å². The van der Waals surface area contributed by atoms with Crippen molar-refractivity contribution in [2.24, 2.45) is 11.5 Å². The van der Waals surface area contributed by atoms with E-state index >= 15 is 0 Å². The highest BCUT2D eigenvalue weighted by Crippen LogP contribution is 2.04. The zero-order valence-corrected chi connectivity index (χ0v) is 8.72. The lowest BCUT2D eigenvalue weighted by Gasteiger charge is -2.14. The fraction of sp³-hybridized carbons (Fsp3) is 0.875. The molecule has 0 spiro atoms. The van der Waals surface area contributed by atoms with E-state index in [-0.39, 0.29) is 12.4 Å². The molecule has 80 valence electrons. The average molecular weight is 211 g/mol. The highest BCUT2D eigenvalue weighted by Gasteiger charge is 2.19. The SMILES string of the molecule is CCCCCC(N)C(O)C(N)=O.Cl. The summed E-state index contributed by atoms with van der Waals surface area (Å²) in [6.07, 6.45) is 2.56. The van der Waals surface area contributed by atoms with Gasteiger partial charge >= 0.3 is 0 Å². The fourth-order valence-corrected chi connectivity index (χ4v) is 0.999. The van der Waals surface area contributed by atoms with Crippen molar-refractivity contribution in [3.05, 3.63) is 0 Å². The first kappa shape index (κ1) is 15.2. The summed E-state index contributed by atoms with van der Waals surface area (Å²) in [6, 6.07) is -0.506. The van der Waals surface area contributed by atoms with E-state index in [2.05, 4.69) is 6.92 Å². The smallest absolute Gasteiger partial charge is 0.247 e. The highest BCUT2D eigenvalue weighted by atomic mass is 35.5. The Balaban J connectivity index is 0. The summed E-state index contributed by atoms with van der Waals surface area (Å²) in [4.78, 5) is 10.5. The number of rotatable bonds is 6. The molecule has 0 fully saturated rings. The predicted octanol–water partition coefficient (Wildman–Crippen LogP) is 0.162. The van der Waals surface area contributed by atoms with Crippen LogP contribution in [0.1, 0.15) is 32.6 Å². The molecule has 1 amide bonds. The first-order valence-electron chi connectivity index (χ1n) is 4.32. The van der Waals surface area contributed by atoms with E-state index < -0.39 is 18.1 Å². The third-order valence-corrected chi connectivity index (χ3v) is 1.84. The molecule has 0 aliphatic rings. The maximum atomic E-state index is 10.5. The van der Waals surface area contributed by atoms with E-state index in [1.54, 1.807) is 0 Å². The Morgan fingerprint density at radius 2 is 2.00 bits per heavy atom. The van der Waals surface area contributed by atoms with Crippen LogP contribution in [0.4, 0.5) is 0 Å². The van der Waals surface area contributed by atoms with Crippen LogP contribution in [0.5, 0.6) is 0 Å². The average Bonchev–Trinajstić information content (AvgIpc) is 2.03. The second-order valence-corrected chi connectivity index (χ2v) is 3.01. The number of hydrogen-bond donors (Lipinski definition) is 3. The molecule has 13 heavy (non-hydrogen) atoms. The van der Waals surface area contributed by atoms with Crippen molar-refractivity contribution < 1.29 is 9.90 Å². The maximum absolute atomic E-state index is 10.5. The van der Waals surface area contributed by atoms with Crippen LogP contribution in [0.3, 0.4) is 0 Å². The Hall–Kier alpha value is -0.320. The van der Waals surface area contributed by atoms with Crippen molar-refractivity contribution in [2.75, 3.05) is 0 Å². The van der Waals surface area contributed by atoms with Gasteiger partial charge in [0.05, 0.1) is 0 Å². The van der Waals surface area contributed by atoms with Crippen LogP contribution >= 0.6 is 12.4 Å². The molecular formula is C8H19ClN2O2. The third-order valence-electron chi connectivity index (χ3n) is 1.84. The van der Waals surface area contributed by atoms with Gasteiger partial charge in [-0.25, -0.2) is 0 Å². The molecule has 0 aromatic rings. The van der Waals surface area contributed by atoms with Gasteiger partial charge in [-0.3, -0.25) is 4.79 Å². The van der Waals surface area contributed by atoms with Gasteiger partial charge in [-0.2, -0.15) is 0 Å². The Labute approximate surface area is 85.1 Å². The van der Waals surface area contributed by atoms with Crippen molar-refractivity contribution in [1.29, 1.82) is 0 Å². The summed E-state index contributed by atoms with van der Waals surface area (Å²) < 4.78 is 0. The molecule has 0 radical (unpaired) electrons. The number of unbranched alkanes of at least 4 members (excludes halogenated alkanes) is 2. The minimum absolute atomic E-state index is 0. The van der Waals surface area contributed by atoms with E-state index in [0.717, 1.165) is 19.3 Å². The lowest BCUT2D eigenvalue weighted by atomic mass is 10.0. The van der Waals surface area contributed by atoms with Gasteiger partial charge in [0.1, 0.15) is 6.10 Å². The number of carbonyl (C=O) groups is 1. The molecule has 0 saturated heterocycles. The first-order chi connectivity index (χ1) is 5.59. The molecule has 0 rings (SSSR count). The lowest BCUT2D eigenvalue weighted by Crippen LogP contribution is -2.43. The molecule has 2 atom stereocenters. The summed E-state index contributed by atoms with van der Waals surface area (Å²) in [5.74, 6) is -0.737. The van der Waals surface area contributed by atoms with Crippen LogP contribution in [-0.4, -0.2) is 23.2 Å². The van der Waals surface area contributed by atoms with E-state index in [1.807, 2.05) is 0 Å². The zero-order valence-electron chi connectivity index (χ0n) is 7.90. The second kappa shape index (κ2) is 8.29. The van der Waals surface area contributed by atoms with Crippen molar-refractivity contribution in [2.45, 2.75) is 44.8 Å². The summed E-state index contributed by atoms with van der Waals surface area (Å²) in [5.41, 5.74) is 10.4. The van der Waals surface area contributed by atoms with E-state index in [0.29, 0.717) is 6.42 Å². The number of nitrogens with two attached hydrogens (primary N) is 2. The largest absolute Gasteiger partial charge is 0.382 e. The quantitative estimate of drug-likeness (QED) is 0.546. The van der Waals surface area contributed by atoms with Gasteiger partial charge in [-0.15, -0.1) is 12.4 Å². The van der Waals surface area contributed by atoms with Gasteiger partial charge in [0.2, 0.25) is 5.91 Å². The Morgan fingerprint density at radius 1 is 1.46 bits per heavy atom. The molecule has 0 heterocycles. The number of amides is 1. The molecule has 0 aromatic carbocycles. The molecule has 0 aliphatic carbocycles. The van der Waals surface area contributed by atoms with Gasteiger partial charge in [0.15, 0.2) is 0 Å². The molecule has 5 N–H and O–H groups in total. The molecule has 0 aromatic heterocycles. The van der Waals surface area contributed by atoms with Gasteiger partial charge in [0, 0.05) is 6.04 Å². The molecule has 0 saturated carbocycles. The number of aliphatic hydroxyl groups excluding tert-OH is 1. The summed E-state index contributed by atoms with van der Waals surface area (Å²) in [7, 11) is 0. The van der Waals surface area contributed by atoms with Crippen LogP contribution in [0, 0.1) is 0 Å². The van der Waals surface area contributed by atoms with Crippen molar-refractivity contribution >= 4 is 18.3 Å². The summed E-state index contributed by atoms with van der Waals surface area (Å²) in [5, 5.41) is 9.09. The van der Waals surface area contributed by atoms with E-state index in [4.69, 9.17) is 16.6 Å². The molecule has 5 heteroatoms. The van der Waals surface area contributed by atoms with Crippen molar-refractivity contribution in [3.63, 3.8) is 0 Å². The predicted molar refractivity (Wildman–Crippen MR) is 54.6 cm³/mol. The zero-order chi connectivity index (χ0) is 9.56. The van der Waals surface area contributed by atoms with Crippen LogP contribution in [0.25, 0.3) is 0 Å². The monoisotopic (exact) mass is 210 g/mol. The van der Waals surface area contributed by atoms with Crippen LogP contribution < -0.4 is 11.5 Å². The van der Waals surface area contributed by atoms with Crippen LogP contribution in [-0.2, 0) is 4.79 Å². The molecule has 0 bridgehead atoms. The summed E-state index contributed by atoms with van der Waals surface area (Å²) >= 11 is 0. The van der Waals surface area contributed by atoms with Gasteiger partial charge < -0.3 is 16.6 Å². The van der Waals surface area contributed by atoms with Crippen molar-refractivity contribution in [1.82, 2.24) is 0 Å². The minimum atomic E-state index is -1.19. The number of primary amides is 1. The van der Waals surface area contributed by atoms with Gasteiger partial charge in [-0.05, 0) is 6.42 Å². The Bertz CT molecular complexity index is 144. The fourth-order valence-electron chi connectivity index (χ4n) is 0.999. The standard InChI is InChI=1S/C8H18N2O2.ClH/c1-2-3-4-5-6(9)7(11)8(10)12;/h6-7,11H,2-5,9H2,1H3,(H2,10,12);1H. The summed E-state index contributed by atoms with van der Waals surface area (Å²) in [6.45, 7) is 2.08. The lowest BCUT2D eigenvalue weighted by molar-refractivity contribution is -0.127. The molecule has 4 nitrogen and oxygen atoms in total. The first-order valence-corrected chi connectivity index (χ1v) is 4.32.